The van der Waals surface area contributed by atoms with E-state index in [1.807, 2.05) is 16.9 Å². The minimum Gasteiger partial charge on any atom is -0.394 e. The first-order valence-corrected chi connectivity index (χ1v) is 7.52. The number of aliphatic hydroxyl groups excluding tert-OH is 1. The van der Waals surface area contributed by atoms with Gasteiger partial charge in [0.15, 0.2) is 0 Å². The summed E-state index contributed by atoms with van der Waals surface area (Å²) in [6, 6.07) is 10.3. The van der Waals surface area contributed by atoms with Crippen molar-refractivity contribution in [2.75, 3.05) is 6.61 Å². The van der Waals surface area contributed by atoms with Gasteiger partial charge in [-0.15, -0.1) is 0 Å². The number of amides is 1. The minimum absolute atomic E-state index is 0.0367. The number of nitrogens with one attached hydrogen (secondary N) is 2. The molecule has 0 saturated carbocycles. The van der Waals surface area contributed by atoms with Crippen molar-refractivity contribution in [1.82, 2.24) is 10.2 Å². The molecule has 0 saturated heterocycles. The van der Waals surface area contributed by atoms with Crippen molar-refractivity contribution in [3.05, 3.63) is 42.5 Å². The summed E-state index contributed by atoms with van der Waals surface area (Å²) in [5.41, 5.74) is 1.29. The van der Waals surface area contributed by atoms with Crippen LogP contribution in [0.15, 0.2) is 47.4 Å². The van der Waals surface area contributed by atoms with Crippen molar-refractivity contribution in [2.45, 2.75) is 10.9 Å². The molecule has 0 aliphatic heterocycles. The number of carbonyl (C=O) groups is 1. The van der Waals surface area contributed by atoms with Crippen LogP contribution >= 0.6 is 0 Å². The molecule has 0 bridgehead atoms. The lowest BCUT2D eigenvalue weighted by molar-refractivity contribution is -0.131. The molecule has 1 amide bonds. The van der Waals surface area contributed by atoms with Crippen molar-refractivity contribution < 1.29 is 23.5 Å². The second-order valence-corrected chi connectivity index (χ2v) is 6.06. The van der Waals surface area contributed by atoms with Crippen LogP contribution in [-0.4, -0.2) is 37.3 Å². The molecule has 0 radical (unpaired) electrons. The highest BCUT2D eigenvalue weighted by atomic mass is 32.2. The van der Waals surface area contributed by atoms with E-state index in [4.69, 9.17) is 10.3 Å². The van der Waals surface area contributed by atoms with E-state index in [1.165, 1.54) is 17.6 Å². The van der Waals surface area contributed by atoms with Crippen molar-refractivity contribution >= 4 is 26.7 Å². The fourth-order valence-corrected chi connectivity index (χ4v) is 3.06. The second kappa shape index (κ2) is 6.19. The molecule has 0 aliphatic carbocycles. The van der Waals surface area contributed by atoms with Crippen LogP contribution in [0.3, 0.4) is 0 Å². The Morgan fingerprint density at radius 3 is 2.43 bits per heavy atom. The maximum Gasteiger partial charge on any atom is 0.263 e. The first-order valence-electron chi connectivity index (χ1n) is 6.04. The maximum absolute atomic E-state index is 12.2. The van der Waals surface area contributed by atoms with Crippen LogP contribution in [0.1, 0.15) is 0 Å². The van der Waals surface area contributed by atoms with Gasteiger partial charge in [0.1, 0.15) is 6.04 Å². The Morgan fingerprint density at radius 1 is 1.14 bits per heavy atom. The lowest BCUT2D eigenvalue weighted by Crippen LogP contribution is -2.47. The molecule has 0 aliphatic rings. The first kappa shape index (κ1) is 15.4. The van der Waals surface area contributed by atoms with Crippen LogP contribution in [0, 0.1) is 0 Å². The first-order chi connectivity index (χ1) is 9.97. The monoisotopic (exact) mass is 310 g/mol. The van der Waals surface area contributed by atoms with Gasteiger partial charge in [-0.05, 0) is 22.9 Å². The summed E-state index contributed by atoms with van der Waals surface area (Å²) in [6.07, 6.45) is 0. The number of carbonyl (C=O) groups excluding carboxylic acids is 1. The Kier molecular flexibility index (Phi) is 4.53. The largest absolute Gasteiger partial charge is 0.394 e. The lowest BCUT2D eigenvalue weighted by Gasteiger charge is -2.14. The summed E-state index contributed by atoms with van der Waals surface area (Å²) in [7, 11) is -4.00. The maximum atomic E-state index is 12.2. The Morgan fingerprint density at radius 2 is 1.81 bits per heavy atom. The summed E-state index contributed by atoms with van der Waals surface area (Å²) in [4.78, 5) is 11.2. The fourth-order valence-electron chi connectivity index (χ4n) is 1.84. The number of aliphatic hydroxyl groups is 1. The molecule has 0 unspecified atom stereocenters. The Labute approximate surface area is 121 Å². The zero-order valence-electron chi connectivity index (χ0n) is 10.9. The number of fused-ring (bicyclic) bond motifs is 1. The highest BCUT2D eigenvalue weighted by Gasteiger charge is 2.25. The van der Waals surface area contributed by atoms with Crippen molar-refractivity contribution in [1.29, 1.82) is 0 Å². The Balaban J connectivity index is 2.35. The molecule has 2 aromatic rings. The molecule has 21 heavy (non-hydrogen) atoms. The molecule has 1 atom stereocenters. The zero-order chi connectivity index (χ0) is 15.5. The van der Waals surface area contributed by atoms with E-state index in [9.17, 15) is 13.2 Å². The molecule has 8 heteroatoms. The van der Waals surface area contributed by atoms with Gasteiger partial charge in [0.05, 0.1) is 11.5 Å². The molecule has 7 nitrogen and oxygen atoms in total. The third-order valence-corrected chi connectivity index (χ3v) is 4.41. The van der Waals surface area contributed by atoms with Gasteiger partial charge in [-0.3, -0.25) is 10.0 Å². The predicted molar refractivity (Wildman–Crippen MR) is 75.1 cm³/mol. The van der Waals surface area contributed by atoms with E-state index in [-0.39, 0.29) is 4.90 Å². The van der Waals surface area contributed by atoms with Gasteiger partial charge >= 0.3 is 0 Å². The third kappa shape index (κ3) is 3.37. The van der Waals surface area contributed by atoms with Gasteiger partial charge in [-0.25, -0.2) is 13.9 Å². The van der Waals surface area contributed by atoms with E-state index >= 15 is 0 Å². The van der Waals surface area contributed by atoms with Gasteiger partial charge in [0.25, 0.3) is 5.91 Å². The van der Waals surface area contributed by atoms with Crippen molar-refractivity contribution in [2.24, 2.45) is 0 Å². The highest BCUT2D eigenvalue weighted by Crippen LogP contribution is 2.19. The summed E-state index contributed by atoms with van der Waals surface area (Å²) in [6.45, 7) is -0.779. The van der Waals surface area contributed by atoms with Crippen LogP contribution in [0.4, 0.5) is 0 Å². The molecule has 4 N–H and O–H groups in total. The molecule has 0 heterocycles. The van der Waals surface area contributed by atoms with Crippen molar-refractivity contribution in [3.8, 4) is 0 Å². The predicted octanol–water partition coefficient (Wildman–Crippen LogP) is -0.0156. The average molecular weight is 310 g/mol. The molecular weight excluding hydrogens is 296 g/mol. The molecular formula is C13H14N2O5S. The van der Waals surface area contributed by atoms with E-state index in [2.05, 4.69) is 0 Å². The van der Waals surface area contributed by atoms with E-state index < -0.39 is 28.6 Å². The third-order valence-electron chi connectivity index (χ3n) is 2.94. The van der Waals surface area contributed by atoms with Crippen LogP contribution < -0.4 is 10.2 Å². The molecule has 0 aromatic heterocycles. The standard InChI is InChI=1S/C13H14N2O5S/c16-8-12(13(17)14-18)15-21(19,20)11-6-5-9-3-1-2-4-10(9)7-11/h1-7,12,15-16,18H,8H2,(H,14,17)/t12-/m0/s1. The molecule has 0 fully saturated rings. The smallest absolute Gasteiger partial charge is 0.263 e. The van der Waals surface area contributed by atoms with Crippen LogP contribution in [0.25, 0.3) is 10.8 Å². The zero-order valence-corrected chi connectivity index (χ0v) is 11.7. The van der Waals surface area contributed by atoms with Gasteiger partial charge in [-0.2, -0.15) is 4.72 Å². The van der Waals surface area contributed by atoms with Gasteiger partial charge in [-0.1, -0.05) is 30.3 Å². The van der Waals surface area contributed by atoms with Gasteiger partial charge < -0.3 is 5.11 Å². The molecule has 112 valence electrons. The highest BCUT2D eigenvalue weighted by molar-refractivity contribution is 7.89. The summed E-state index contributed by atoms with van der Waals surface area (Å²) < 4.78 is 26.4. The lowest BCUT2D eigenvalue weighted by atomic mass is 10.1. The fraction of sp³-hybridized carbons (Fsp3) is 0.154. The minimum atomic E-state index is -4.00. The molecule has 2 rings (SSSR count). The normalized spacial score (nSPS) is 13.0. The Hall–Kier alpha value is -2.00. The Bertz CT molecular complexity index is 760. The molecule has 2 aromatic carbocycles. The van der Waals surface area contributed by atoms with E-state index in [0.29, 0.717) is 0 Å². The second-order valence-electron chi connectivity index (χ2n) is 4.34. The van der Waals surface area contributed by atoms with Crippen LogP contribution in [-0.2, 0) is 14.8 Å². The van der Waals surface area contributed by atoms with Gasteiger partial charge in [0, 0.05) is 0 Å². The van der Waals surface area contributed by atoms with Gasteiger partial charge in [0.2, 0.25) is 10.0 Å². The summed E-state index contributed by atoms with van der Waals surface area (Å²) in [5, 5.41) is 19.1. The number of sulfonamides is 1. The average Bonchev–Trinajstić information content (AvgIpc) is 2.51. The quantitative estimate of drug-likeness (QED) is 0.458. The van der Waals surface area contributed by atoms with E-state index in [1.54, 1.807) is 18.2 Å². The van der Waals surface area contributed by atoms with Crippen molar-refractivity contribution in [3.63, 3.8) is 0 Å². The van der Waals surface area contributed by atoms with Crippen LogP contribution in [0.5, 0.6) is 0 Å². The molecule has 0 spiro atoms. The summed E-state index contributed by atoms with van der Waals surface area (Å²) >= 11 is 0. The number of benzene rings is 2. The van der Waals surface area contributed by atoms with Crippen LogP contribution in [0.2, 0.25) is 0 Å². The number of hydroxylamine groups is 1. The topological polar surface area (TPSA) is 116 Å². The number of hydrogen-bond donors (Lipinski definition) is 4. The summed E-state index contributed by atoms with van der Waals surface area (Å²) in [5.74, 6) is -1.04. The number of rotatable bonds is 5. The number of hydrogen-bond acceptors (Lipinski definition) is 5. The van der Waals surface area contributed by atoms with E-state index in [0.717, 1.165) is 10.8 Å². The SMILES string of the molecule is O=C(NO)[C@H](CO)NS(=O)(=O)c1ccc2ccccc2c1.